The molecule has 5 rings (SSSR count). The largest absolute Gasteiger partial charge is 0.493 e. The molecule has 0 N–H and O–H groups in total. The third kappa shape index (κ3) is 6.36. The number of benzene rings is 3. The first kappa shape index (κ1) is 28.2. The van der Waals surface area contributed by atoms with E-state index in [1.165, 1.54) is 51.9 Å². The number of carbonyl (C=O) groups is 1. The first-order valence-electron chi connectivity index (χ1n) is 14.7. The van der Waals surface area contributed by atoms with Crippen molar-refractivity contribution in [3.63, 3.8) is 0 Å². The predicted molar refractivity (Wildman–Crippen MR) is 163 cm³/mol. The molecule has 2 heterocycles. The topological polar surface area (TPSA) is 42.0 Å². The molecule has 2 aliphatic heterocycles. The number of ether oxygens (including phenoxy) is 2. The maximum atomic E-state index is 12.6. The monoisotopic (exact) mass is 540 g/mol. The van der Waals surface area contributed by atoms with E-state index in [1.807, 2.05) is 20.8 Å². The molecule has 5 nitrogen and oxygen atoms in total. The number of nitrogens with zero attached hydrogens (tertiary/aromatic N) is 2. The van der Waals surface area contributed by atoms with Gasteiger partial charge in [0.1, 0.15) is 11.4 Å². The molecule has 0 aromatic heterocycles. The Morgan fingerprint density at radius 3 is 2.40 bits per heavy atom. The standard InChI is InChI=1S/C35H44N2O3/c1-25-31(12-8-13-32(25)39-21-9-18-37-20-17-35(37,5)6)29-11-7-10-26(23-29)27-14-15-30-24-36(19-16-28(30)22-27)33(38)40-34(2,3)4/h7-8,10-15,22-23H,9,16-21,24H2,1-6H3. The van der Waals surface area contributed by atoms with Gasteiger partial charge in [-0.2, -0.15) is 0 Å². The fourth-order valence-electron chi connectivity index (χ4n) is 5.73. The second kappa shape index (κ2) is 11.3. The molecule has 0 spiro atoms. The predicted octanol–water partition coefficient (Wildman–Crippen LogP) is 7.88. The summed E-state index contributed by atoms with van der Waals surface area (Å²) in [5.74, 6) is 0.967. The highest BCUT2D eigenvalue weighted by Crippen LogP contribution is 2.34. The molecular formula is C35H44N2O3. The van der Waals surface area contributed by atoms with Gasteiger partial charge in [-0.05, 0) is 112 Å². The van der Waals surface area contributed by atoms with E-state index in [0.717, 1.165) is 31.7 Å². The maximum absolute atomic E-state index is 12.6. The normalized spacial score (nSPS) is 16.7. The summed E-state index contributed by atoms with van der Waals surface area (Å²) in [6, 6.07) is 21.7. The summed E-state index contributed by atoms with van der Waals surface area (Å²) >= 11 is 0. The Labute approximate surface area is 240 Å². The molecule has 40 heavy (non-hydrogen) atoms. The van der Waals surface area contributed by atoms with E-state index in [2.05, 4.69) is 86.3 Å². The van der Waals surface area contributed by atoms with Gasteiger partial charge in [0.15, 0.2) is 0 Å². The van der Waals surface area contributed by atoms with Crippen molar-refractivity contribution < 1.29 is 14.3 Å². The summed E-state index contributed by atoms with van der Waals surface area (Å²) in [5.41, 5.74) is 8.32. The van der Waals surface area contributed by atoms with E-state index in [-0.39, 0.29) is 6.09 Å². The number of likely N-dealkylation sites (tertiary alicyclic amines) is 1. The fourth-order valence-corrected chi connectivity index (χ4v) is 5.73. The van der Waals surface area contributed by atoms with Crippen molar-refractivity contribution in [3.8, 4) is 28.0 Å². The van der Waals surface area contributed by atoms with Crippen molar-refractivity contribution in [1.29, 1.82) is 0 Å². The minimum Gasteiger partial charge on any atom is -0.493 e. The number of rotatable bonds is 7. The molecule has 0 atom stereocenters. The second-order valence-electron chi connectivity index (χ2n) is 12.9. The highest BCUT2D eigenvalue weighted by Gasteiger charge is 2.34. The number of hydrogen-bond donors (Lipinski definition) is 0. The van der Waals surface area contributed by atoms with Crippen molar-refractivity contribution in [3.05, 3.63) is 77.4 Å². The lowest BCUT2D eigenvalue weighted by Crippen LogP contribution is -2.55. The molecule has 0 radical (unpaired) electrons. The molecule has 0 unspecified atom stereocenters. The number of amides is 1. The molecule has 1 saturated heterocycles. The van der Waals surface area contributed by atoms with Gasteiger partial charge in [-0.15, -0.1) is 0 Å². The molecular weight excluding hydrogens is 496 g/mol. The summed E-state index contributed by atoms with van der Waals surface area (Å²) in [6.45, 7) is 16.8. The van der Waals surface area contributed by atoms with Crippen LogP contribution in [0.5, 0.6) is 5.75 Å². The molecule has 3 aromatic carbocycles. The number of hydrogen-bond acceptors (Lipinski definition) is 4. The first-order chi connectivity index (χ1) is 19.0. The summed E-state index contributed by atoms with van der Waals surface area (Å²) in [4.78, 5) is 16.9. The summed E-state index contributed by atoms with van der Waals surface area (Å²) in [5, 5.41) is 0. The Balaban J connectivity index is 1.27. The lowest BCUT2D eigenvalue weighted by Gasteiger charge is -2.48. The molecule has 212 valence electrons. The van der Waals surface area contributed by atoms with Gasteiger partial charge in [0, 0.05) is 31.7 Å². The average molecular weight is 541 g/mol. The van der Waals surface area contributed by atoms with E-state index in [9.17, 15) is 4.79 Å². The zero-order valence-corrected chi connectivity index (χ0v) is 25.0. The minimum atomic E-state index is -0.485. The van der Waals surface area contributed by atoms with Crippen LogP contribution in [0.15, 0.2) is 60.7 Å². The van der Waals surface area contributed by atoms with Crippen LogP contribution in [0.3, 0.4) is 0 Å². The van der Waals surface area contributed by atoms with Gasteiger partial charge >= 0.3 is 6.09 Å². The smallest absolute Gasteiger partial charge is 0.410 e. The van der Waals surface area contributed by atoms with Gasteiger partial charge in [-0.25, -0.2) is 4.79 Å². The summed E-state index contributed by atoms with van der Waals surface area (Å²) in [6.07, 6.45) is 2.91. The Kier molecular flexibility index (Phi) is 7.96. The molecule has 0 aliphatic carbocycles. The van der Waals surface area contributed by atoms with Crippen LogP contribution in [0, 0.1) is 6.92 Å². The molecule has 2 aliphatic rings. The van der Waals surface area contributed by atoms with Crippen LogP contribution in [0.4, 0.5) is 4.79 Å². The Bertz CT molecular complexity index is 1370. The van der Waals surface area contributed by atoms with E-state index in [4.69, 9.17) is 9.47 Å². The summed E-state index contributed by atoms with van der Waals surface area (Å²) in [7, 11) is 0. The van der Waals surface area contributed by atoms with Crippen molar-refractivity contribution in [2.75, 3.05) is 26.2 Å². The van der Waals surface area contributed by atoms with Crippen LogP contribution in [0.25, 0.3) is 22.3 Å². The molecule has 3 aromatic rings. The summed E-state index contributed by atoms with van der Waals surface area (Å²) < 4.78 is 11.8. The SMILES string of the molecule is Cc1c(OCCCN2CCC2(C)C)cccc1-c1cccc(-c2ccc3c(c2)CCN(C(=O)OC(C)(C)C)C3)c1. The molecule has 5 heteroatoms. The molecule has 0 bridgehead atoms. The van der Waals surface area contributed by atoms with Crippen molar-refractivity contribution in [1.82, 2.24) is 9.80 Å². The second-order valence-corrected chi connectivity index (χ2v) is 12.9. The lowest BCUT2D eigenvalue weighted by molar-refractivity contribution is 0.0123. The Morgan fingerprint density at radius 1 is 0.925 bits per heavy atom. The van der Waals surface area contributed by atoms with Gasteiger partial charge < -0.3 is 14.4 Å². The van der Waals surface area contributed by atoms with E-state index >= 15 is 0 Å². The average Bonchev–Trinajstić information content (AvgIpc) is 2.91. The van der Waals surface area contributed by atoms with Crippen molar-refractivity contribution in [2.24, 2.45) is 0 Å². The van der Waals surface area contributed by atoms with Crippen LogP contribution in [-0.2, 0) is 17.7 Å². The van der Waals surface area contributed by atoms with Crippen molar-refractivity contribution in [2.45, 2.75) is 78.5 Å². The zero-order valence-electron chi connectivity index (χ0n) is 25.0. The number of carbonyl (C=O) groups excluding carboxylic acids is 1. The lowest BCUT2D eigenvalue weighted by atomic mass is 9.89. The minimum absolute atomic E-state index is 0.239. The van der Waals surface area contributed by atoms with Crippen LogP contribution in [-0.4, -0.2) is 53.3 Å². The van der Waals surface area contributed by atoms with E-state index in [0.29, 0.717) is 18.6 Å². The van der Waals surface area contributed by atoms with E-state index < -0.39 is 5.60 Å². The van der Waals surface area contributed by atoms with Crippen LogP contribution in [0.1, 0.15) is 64.2 Å². The van der Waals surface area contributed by atoms with E-state index in [1.54, 1.807) is 4.90 Å². The maximum Gasteiger partial charge on any atom is 0.410 e. The van der Waals surface area contributed by atoms with Crippen LogP contribution < -0.4 is 4.74 Å². The van der Waals surface area contributed by atoms with Crippen LogP contribution >= 0.6 is 0 Å². The van der Waals surface area contributed by atoms with Gasteiger partial charge in [-0.3, -0.25) is 4.90 Å². The van der Waals surface area contributed by atoms with Crippen LogP contribution in [0.2, 0.25) is 0 Å². The number of fused-ring (bicyclic) bond motifs is 1. The highest BCUT2D eigenvalue weighted by molar-refractivity contribution is 5.76. The molecule has 0 saturated carbocycles. The van der Waals surface area contributed by atoms with Gasteiger partial charge in [0.05, 0.1) is 6.61 Å². The molecule has 1 fully saturated rings. The Hall–Kier alpha value is -3.31. The van der Waals surface area contributed by atoms with Gasteiger partial charge in [-0.1, -0.05) is 48.5 Å². The Morgan fingerprint density at radius 2 is 1.68 bits per heavy atom. The van der Waals surface area contributed by atoms with Gasteiger partial charge in [0.25, 0.3) is 0 Å². The van der Waals surface area contributed by atoms with Gasteiger partial charge in [0.2, 0.25) is 0 Å². The molecule has 1 amide bonds. The van der Waals surface area contributed by atoms with Crippen molar-refractivity contribution >= 4 is 6.09 Å². The zero-order chi connectivity index (χ0) is 28.5. The highest BCUT2D eigenvalue weighted by atomic mass is 16.6. The third-order valence-electron chi connectivity index (χ3n) is 8.34. The third-order valence-corrected chi connectivity index (χ3v) is 8.34. The fraction of sp³-hybridized carbons (Fsp3) is 0.457. The quantitative estimate of drug-likeness (QED) is 0.286. The first-order valence-corrected chi connectivity index (χ1v) is 14.7.